The molecule has 12 nitrogen and oxygen atoms in total. The standard InChI is InChI=1S/C8H11N3O.C5H5N3O.C5H4N2O2/c1-3-11(2)8(12)7-6-9-4-5-10-7;6-5(9)4-3-7-1-2-8-4;8-5(9)4-3-6-1-2-7-4/h4-6H,3H2,1-2H3;1-3H,(H2,6,9);1-3H,(H,8,9). The molecule has 0 aromatic carbocycles. The molecule has 0 unspecified atom stereocenters. The van der Waals surface area contributed by atoms with E-state index in [1.54, 1.807) is 18.1 Å². The number of carboxylic acid groups (broad SMARTS) is 1. The van der Waals surface area contributed by atoms with Gasteiger partial charge in [-0.25, -0.2) is 19.7 Å². The van der Waals surface area contributed by atoms with E-state index in [-0.39, 0.29) is 17.3 Å². The molecule has 0 saturated carbocycles. The summed E-state index contributed by atoms with van der Waals surface area (Å²) in [5, 5.41) is 8.28. The minimum Gasteiger partial charge on any atom is -0.476 e. The van der Waals surface area contributed by atoms with Gasteiger partial charge in [0.1, 0.15) is 11.4 Å². The van der Waals surface area contributed by atoms with Crippen LogP contribution in [0.2, 0.25) is 0 Å². The Morgan fingerprint density at radius 2 is 1.27 bits per heavy atom. The van der Waals surface area contributed by atoms with Gasteiger partial charge in [-0.05, 0) is 6.92 Å². The maximum absolute atomic E-state index is 11.4. The number of nitrogens with two attached hydrogens (primary N) is 1. The number of nitrogens with zero attached hydrogens (tertiary/aromatic N) is 7. The van der Waals surface area contributed by atoms with Crippen LogP contribution in [0.1, 0.15) is 38.4 Å². The summed E-state index contributed by atoms with van der Waals surface area (Å²) in [6.07, 6.45) is 12.7. The van der Waals surface area contributed by atoms with Gasteiger partial charge < -0.3 is 15.7 Å². The molecular weight excluding hydrogens is 392 g/mol. The van der Waals surface area contributed by atoms with Crippen LogP contribution in [-0.4, -0.2) is 71.3 Å². The lowest BCUT2D eigenvalue weighted by molar-refractivity contribution is 0.0689. The molecule has 0 spiro atoms. The first kappa shape index (κ1) is 23.7. The Bertz CT molecular complexity index is 877. The lowest BCUT2D eigenvalue weighted by Crippen LogP contribution is -2.27. The summed E-state index contributed by atoms with van der Waals surface area (Å²) < 4.78 is 0. The molecule has 0 saturated heterocycles. The number of hydrogen-bond acceptors (Lipinski definition) is 9. The van der Waals surface area contributed by atoms with E-state index < -0.39 is 11.9 Å². The van der Waals surface area contributed by atoms with E-state index in [1.165, 1.54) is 49.6 Å². The third-order valence-electron chi connectivity index (χ3n) is 3.20. The zero-order chi connectivity index (χ0) is 22.4. The fourth-order valence-corrected chi connectivity index (χ4v) is 1.58. The van der Waals surface area contributed by atoms with Gasteiger partial charge in [0.2, 0.25) is 0 Å². The first-order valence-corrected chi connectivity index (χ1v) is 8.43. The van der Waals surface area contributed by atoms with Gasteiger partial charge in [-0.1, -0.05) is 0 Å². The first-order chi connectivity index (χ1) is 14.4. The lowest BCUT2D eigenvalue weighted by atomic mass is 10.4. The van der Waals surface area contributed by atoms with Crippen molar-refractivity contribution >= 4 is 17.8 Å². The minimum atomic E-state index is -1.05. The summed E-state index contributed by atoms with van der Waals surface area (Å²) in [4.78, 5) is 55.5. The number of carbonyl (C=O) groups is 3. The van der Waals surface area contributed by atoms with Crippen molar-refractivity contribution in [1.29, 1.82) is 0 Å². The molecule has 0 radical (unpaired) electrons. The highest BCUT2D eigenvalue weighted by Crippen LogP contribution is 1.95. The van der Waals surface area contributed by atoms with E-state index in [1.807, 2.05) is 6.92 Å². The number of carbonyl (C=O) groups excluding carboxylic acids is 2. The maximum Gasteiger partial charge on any atom is 0.356 e. The van der Waals surface area contributed by atoms with Crippen molar-refractivity contribution in [1.82, 2.24) is 34.8 Å². The van der Waals surface area contributed by atoms with Crippen molar-refractivity contribution in [3.05, 3.63) is 72.9 Å². The Labute approximate surface area is 171 Å². The van der Waals surface area contributed by atoms with Crippen molar-refractivity contribution in [3.63, 3.8) is 0 Å². The van der Waals surface area contributed by atoms with Crippen molar-refractivity contribution in [2.45, 2.75) is 6.92 Å². The molecule has 2 amide bonds. The molecule has 3 aromatic heterocycles. The van der Waals surface area contributed by atoms with Crippen LogP contribution >= 0.6 is 0 Å². The quantitative estimate of drug-likeness (QED) is 0.606. The zero-order valence-electron chi connectivity index (χ0n) is 16.3. The third-order valence-corrected chi connectivity index (χ3v) is 3.20. The molecule has 0 aliphatic rings. The second kappa shape index (κ2) is 12.9. The molecule has 3 aromatic rings. The second-order valence-electron chi connectivity index (χ2n) is 5.26. The summed E-state index contributed by atoms with van der Waals surface area (Å²) in [6.45, 7) is 2.59. The molecule has 3 rings (SSSR count). The third kappa shape index (κ3) is 8.56. The Kier molecular flexibility index (Phi) is 10.2. The van der Waals surface area contributed by atoms with Crippen molar-refractivity contribution in [3.8, 4) is 0 Å². The van der Waals surface area contributed by atoms with Gasteiger partial charge in [0.05, 0.1) is 18.6 Å². The predicted octanol–water partition coefficient (Wildman–Crippen LogP) is 0.319. The highest BCUT2D eigenvalue weighted by molar-refractivity contribution is 5.91. The van der Waals surface area contributed by atoms with Gasteiger partial charge in [-0.15, -0.1) is 0 Å². The van der Waals surface area contributed by atoms with E-state index in [0.29, 0.717) is 12.2 Å². The Morgan fingerprint density at radius 1 is 0.833 bits per heavy atom. The van der Waals surface area contributed by atoms with Crippen LogP contribution in [0.15, 0.2) is 55.8 Å². The second-order valence-corrected chi connectivity index (χ2v) is 5.26. The van der Waals surface area contributed by atoms with Gasteiger partial charge in [0, 0.05) is 50.8 Å². The first-order valence-electron chi connectivity index (χ1n) is 8.43. The Balaban J connectivity index is 0.000000229. The molecule has 0 aliphatic heterocycles. The molecule has 3 N–H and O–H groups in total. The molecule has 156 valence electrons. The van der Waals surface area contributed by atoms with Crippen LogP contribution in [0.25, 0.3) is 0 Å². The minimum absolute atomic E-state index is 0.0301. The van der Waals surface area contributed by atoms with Crippen LogP contribution in [0.5, 0.6) is 0 Å². The average molecular weight is 412 g/mol. The van der Waals surface area contributed by atoms with E-state index in [0.717, 1.165) is 0 Å². The molecule has 0 atom stereocenters. The molecule has 12 heteroatoms. The maximum atomic E-state index is 11.4. The number of carboxylic acids is 1. The summed E-state index contributed by atoms with van der Waals surface area (Å²) in [5.74, 6) is -1.70. The van der Waals surface area contributed by atoms with Crippen molar-refractivity contribution in [2.75, 3.05) is 13.6 Å². The zero-order valence-corrected chi connectivity index (χ0v) is 16.3. The summed E-state index contributed by atoms with van der Waals surface area (Å²) in [6, 6.07) is 0. The molecule has 0 bridgehead atoms. The van der Waals surface area contributed by atoms with Crippen LogP contribution in [0.4, 0.5) is 0 Å². The van der Waals surface area contributed by atoms with Crippen LogP contribution in [0.3, 0.4) is 0 Å². The normalized spacial score (nSPS) is 9.13. The number of amides is 2. The fourth-order valence-electron chi connectivity index (χ4n) is 1.58. The molecule has 0 fully saturated rings. The van der Waals surface area contributed by atoms with Crippen molar-refractivity contribution in [2.24, 2.45) is 5.73 Å². The fraction of sp³-hybridized carbons (Fsp3) is 0.167. The van der Waals surface area contributed by atoms with E-state index in [4.69, 9.17) is 10.8 Å². The van der Waals surface area contributed by atoms with Gasteiger partial charge in [0.25, 0.3) is 11.8 Å². The molecule has 0 aliphatic carbocycles. The molecular formula is C18H20N8O4. The largest absolute Gasteiger partial charge is 0.476 e. The van der Waals surface area contributed by atoms with E-state index in [9.17, 15) is 14.4 Å². The highest BCUT2D eigenvalue weighted by atomic mass is 16.4. The average Bonchev–Trinajstić information content (AvgIpc) is 2.80. The number of rotatable bonds is 4. The molecule has 30 heavy (non-hydrogen) atoms. The number of aromatic nitrogens is 6. The van der Waals surface area contributed by atoms with Gasteiger partial charge in [-0.3, -0.25) is 24.5 Å². The van der Waals surface area contributed by atoms with Crippen LogP contribution < -0.4 is 5.73 Å². The summed E-state index contributed by atoms with van der Waals surface area (Å²) in [7, 11) is 1.73. The lowest BCUT2D eigenvalue weighted by Gasteiger charge is -2.12. The summed E-state index contributed by atoms with van der Waals surface area (Å²) >= 11 is 0. The SMILES string of the molecule is CCN(C)C(=O)c1cnccn1.NC(=O)c1cnccn1.O=C(O)c1cnccn1. The van der Waals surface area contributed by atoms with Crippen LogP contribution in [0, 0.1) is 0 Å². The Hall–Kier alpha value is -4.35. The number of primary amides is 1. The predicted molar refractivity (Wildman–Crippen MR) is 104 cm³/mol. The van der Waals surface area contributed by atoms with Crippen molar-refractivity contribution < 1.29 is 19.5 Å². The van der Waals surface area contributed by atoms with Gasteiger partial charge >= 0.3 is 5.97 Å². The molecule has 3 heterocycles. The van der Waals surface area contributed by atoms with Gasteiger partial charge in [0.15, 0.2) is 5.69 Å². The number of aromatic carboxylic acids is 1. The van der Waals surface area contributed by atoms with E-state index >= 15 is 0 Å². The van der Waals surface area contributed by atoms with Crippen LogP contribution in [-0.2, 0) is 0 Å². The smallest absolute Gasteiger partial charge is 0.356 e. The monoisotopic (exact) mass is 412 g/mol. The number of hydrogen-bond donors (Lipinski definition) is 2. The highest BCUT2D eigenvalue weighted by Gasteiger charge is 2.10. The van der Waals surface area contributed by atoms with Gasteiger partial charge in [-0.2, -0.15) is 0 Å². The Morgan fingerprint density at radius 3 is 1.53 bits per heavy atom. The summed E-state index contributed by atoms with van der Waals surface area (Å²) in [5.41, 5.74) is 5.42. The van der Waals surface area contributed by atoms with E-state index in [2.05, 4.69) is 29.9 Å². The topological polar surface area (TPSA) is 178 Å².